The molecule has 1 rings (SSSR count). The lowest BCUT2D eigenvalue weighted by molar-refractivity contribution is 0.586. The molecule has 0 unspecified atom stereocenters. The topological polar surface area (TPSA) is 72.2 Å². The zero-order chi connectivity index (χ0) is 11.5. The van der Waals surface area contributed by atoms with Gasteiger partial charge in [-0.15, -0.1) is 11.3 Å². The van der Waals surface area contributed by atoms with Gasteiger partial charge in [0.05, 0.1) is 4.99 Å². The van der Waals surface area contributed by atoms with Crippen molar-refractivity contribution in [2.75, 3.05) is 5.75 Å². The number of halogens is 1. The number of nitrogens with one attached hydrogen (secondary N) is 1. The zero-order valence-corrected chi connectivity index (χ0v) is 11.6. The minimum Gasteiger partial charge on any atom is -0.392 e. The summed E-state index contributed by atoms with van der Waals surface area (Å²) in [5, 5.41) is 1.89. The monoisotopic (exact) mass is 328 g/mol. The molecule has 84 valence electrons. The normalized spacial score (nSPS) is 11.5. The molecule has 0 fully saturated rings. The lowest BCUT2D eigenvalue weighted by Crippen LogP contribution is -2.31. The highest BCUT2D eigenvalue weighted by molar-refractivity contribution is 9.10. The van der Waals surface area contributed by atoms with Gasteiger partial charge in [-0.25, -0.2) is 13.1 Å². The molecule has 0 amide bonds. The Labute approximate surface area is 106 Å². The van der Waals surface area contributed by atoms with Crippen molar-refractivity contribution in [3.63, 3.8) is 0 Å². The van der Waals surface area contributed by atoms with Gasteiger partial charge in [0.25, 0.3) is 0 Å². The molecule has 1 aromatic rings. The second kappa shape index (κ2) is 5.35. The highest BCUT2D eigenvalue weighted by Gasteiger charge is 2.11. The van der Waals surface area contributed by atoms with Crippen LogP contribution in [-0.2, 0) is 16.6 Å². The summed E-state index contributed by atoms with van der Waals surface area (Å²) in [6, 6.07) is 1.86. The fraction of sp³-hybridized carbons (Fsp3) is 0.286. The van der Waals surface area contributed by atoms with Crippen LogP contribution in [0.1, 0.15) is 4.88 Å². The van der Waals surface area contributed by atoms with E-state index < -0.39 is 10.0 Å². The quantitative estimate of drug-likeness (QED) is 0.797. The molecule has 0 radical (unpaired) electrons. The molecular formula is C7H9BrN2O2S3. The molecule has 0 saturated heterocycles. The van der Waals surface area contributed by atoms with Crippen LogP contribution in [0.15, 0.2) is 15.9 Å². The van der Waals surface area contributed by atoms with Crippen LogP contribution in [0.25, 0.3) is 0 Å². The molecule has 1 heterocycles. The zero-order valence-electron chi connectivity index (χ0n) is 7.57. The maximum absolute atomic E-state index is 11.3. The van der Waals surface area contributed by atoms with Crippen LogP contribution in [0.2, 0.25) is 0 Å². The number of rotatable bonds is 5. The molecule has 0 aromatic carbocycles. The first-order valence-corrected chi connectivity index (χ1v) is 7.61. The van der Waals surface area contributed by atoms with Gasteiger partial charge in [0.15, 0.2) is 0 Å². The molecule has 0 aliphatic carbocycles. The van der Waals surface area contributed by atoms with Crippen molar-refractivity contribution in [1.29, 1.82) is 0 Å². The van der Waals surface area contributed by atoms with Gasteiger partial charge in [0, 0.05) is 21.3 Å². The van der Waals surface area contributed by atoms with Gasteiger partial charge < -0.3 is 5.73 Å². The predicted molar refractivity (Wildman–Crippen MR) is 69.4 cm³/mol. The Kier molecular flexibility index (Phi) is 4.65. The summed E-state index contributed by atoms with van der Waals surface area (Å²) in [4.78, 5) is 0.892. The Morgan fingerprint density at radius 2 is 2.33 bits per heavy atom. The summed E-state index contributed by atoms with van der Waals surface area (Å²) < 4.78 is 26.0. The molecule has 0 bridgehead atoms. The average molecular weight is 329 g/mol. The van der Waals surface area contributed by atoms with E-state index in [-0.39, 0.29) is 17.3 Å². The molecule has 15 heavy (non-hydrogen) atoms. The minimum atomic E-state index is -3.39. The Morgan fingerprint density at radius 3 is 2.80 bits per heavy atom. The Balaban J connectivity index is 2.53. The Morgan fingerprint density at radius 1 is 1.67 bits per heavy atom. The molecule has 8 heteroatoms. The number of hydrogen-bond acceptors (Lipinski definition) is 4. The van der Waals surface area contributed by atoms with E-state index in [1.54, 1.807) is 0 Å². The number of nitrogens with two attached hydrogens (primary N) is 1. The molecular weight excluding hydrogens is 320 g/mol. The van der Waals surface area contributed by atoms with Gasteiger partial charge in [-0.2, -0.15) is 0 Å². The van der Waals surface area contributed by atoms with Crippen molar-refractivity contribution >= 4 is 54.5 Å². The summed E-state index contributed by atoms with van der Waals surface area (Å²) in [5.74, 6) is -0.311. The third-order valence-electron chi connectivity index (χ3n) is 1.42. The maximum Gasteiger partial charge on any atom is 0.218 e. The van der Waals surface area contributed by atoms with Crippen molar-refractivity contribution < 1.29 is 8.42 Å². The van der Waals surface area contributed by atoms with Gasteiger partial charge in [-0.05, 0) is 22.0 Å². The molecule has 0 aliphatic rings. The smallest absolute Gasteiger partial charge is 0.218 e. The van der Waals surface area contributed by atoms with Crippen LogP contribution in [0.5, 0.6) is 0 Å². The number of thiophene rings is 1. The summed E-state index contributed by atoms with van der Waals surface area (Å²) in [5.41, 5.74) is 5.16. The van der Waals surface area contributed by atoms with E-state index in [0.717, 1.165) is 9.35 Å². The standard InChI is InChI=1S/C7H9BrN2O2S3/c8-5-1-6(14-3-5)2-10-15(11,12)4-7(9)13/h1,3,10H,2,4H2,(H2,9,13). The average Bonchev–Trinajstić information content (AvgIpc) is 2.46. The van der Waals surface area contributed by atoms with Crippen LogP contribution in [0.3, 0.4) is 0 Å². The van der Waals surface area contributed by atoms with Gasteiger partial charge in [0.1, 0.15) is 5.75 Å². The maximum atomic E-state index is 11.3. The van der Waals surface area contributed by atoms with Crippen molar-refractivity contribution in [2.24, 2.45) is 5.73 Å². The summed E-state index contributed by atoms with van der Waals surface area (Å²) in [7, 11) is -3.39. The van der Waals surface area contributed by atoms with E-state index in [1.165, 1.54) is 11.3 Å². The van der Waals surface area contributed by atoms with Crippen LogP contribution in [0.4, 0.5) is 0 Å². The van der Waals surface area contributed by atoms with Crippen molar-refractivity contribution in [1.82, 2.24) is 4.72 Å². The molecule has 1 aromatic heterocycles. The van der Waals surface area contributed by atoms with Crippen LogP contribution >= 0.6 is 39.5 Å². The lowest BCUT2D eigenvalue weighted by Gasteiger charge is -2.03. The number of hydrogen-bond donors (Lipinski definition) is 2. The number of sulfonamides is 1. The first-order valence-electron chi connectivity index (χ1n) is 3.87. The molecule has 0 aliphatic heterocycles. The minimum absolute atomic E-state index is 0.0325. The summed E-state index contributed by atoms with van der Waals surface area (Å²) >= 11 is 9.29. The Hall–Kier alpha value is -0.0200. The SMILES string of the molecule is NC(=S)CS(=O)(=O)NCc1cc(Br)cs1. The van der Waals surface area contributed by atoms with Crippen molar-refractivity contribution in [3.05, 3.63) is 20.8 Å². The fourth-order valence-corrected chi connectivity index (χ4v) is 3.67. The van der Waals surface area contributed by atoms with Gasteiger partial charge >= 0.3 is 0 Å². The summed E-state index contributed by atoms with van der Waals surface area (Å²) in [6.45, 7) is 0.265. The van der Waals surface area contributed by atoms with E-state index in [9.17, 15) is 8.42 Å². The third-order valence-corrected chi connectivity index (χ3v) is 4.72. The lowest BCUT2D eigenvalue weighted by atomic mass is 10.5. The first-order chi connectivity index (χ1) is 6.89. The number of thiocarbonyl (C=S) groups is 1. The van der Waals surface area contributed by atoms with Gasteiger partial charge in [-0.3, -0.25) is 0 Å². The van der Waals surface area contributed by atoms with E-state index >= 15 is 0 Å². The molecule has 4 nitrogen and oxygen atoms in total. The predicted octanol–water partition coefficient (Wildman–Crippen LogP) is 1.22. The second-order valence-electron chi connectivity index (χ2n) is 2.78. The van der Waals surface area contributed by atoms with E-state index in [1.807, 2.05) is 11.4 Å². The van der Waals surface area contributed by atoms with Gasteiger partial charge in [-0.1, -0.05) is 12.2 Å². The summed E-state index contributed by atoms with van der Waals surface area (Å²) in [6.07, 6.45) is 0. The highest BCUT2D eigenvalue weighted by Crippen LogP contribution is 2.19. The molecule has 3 N–H and O–H groups in total. The van der Waals surface area contributed by atoms with Crippen LogP contribution < -0.4 is 10.5 Å². The molecule has 0 spiro atoms. The van der Waals surface area contributed by atoms with Gasteiger partial charge in [0.2, 0.25) is 10.0 Å². The Bertz CT molecular complexity index is 455. The van der Waals surface area contributed by atoms with Crippen molar-refractivity contribution in [3.8, 4) is 0 Å². The van der Waals surface area contributed by atoms with Crippen LogP contribution in [0, 0.1) is 0 Å². The highest BCUT2D eigenvalue weighted by atomic mass is 79.9. The van der Waals surface area contributed by atoms with E-state index in [4.69, 9.17) is 5.73 Å². The van der Waals surface area contributed by atoms with E-state index in [0.29, 0.717) is 0 Å². The third kappa shape index (κ3) is 5.03. The van der Waals surface area contributed by atoms with Crippen LogP contribution in [-0.4, -0.2) is 19.2 Å². The fourth-order valence-electron chi connectivity index (χ4n) is 0.866. The first kappa shape index (κ1) is 13.0. The van der Waals surface area contributed by atoms with E-state index in [2.05, 4.69) is 32.9 Å². The largest absolute Gasteiger partial charge is 0.392 e. The molecule has 0 atom stereocenters. The second-order valence-corrected chi connectivity index (χ2v) is 7.02. The van der Waals surface area contributed by atoms with Crippen molar-refractivity contribution in [2.45, 2.75) is 6.54 Å². The molecule has 0 saturated carbocycles.